The van der Waals surface area contributed by atoms with Crippen LogP contribution in [0.2, 0.25) is 0 Å². The van der Waals surface area contributed by atoms with Crippen LogP contribution in [0, 0.1) is 11.8 Å². The van der Waals surface area contributed by atoms with Crippen molar-refractivity contribution < 1.29 is 23.5 Å². The zero-order valence-electron chi connectivity index (χ0n) is 13.2. The van der Waals surface area contributed by atoms with E-state index < -0.39 is 17.6 Å². The number of aliphatic carboxylic acids is 1. The Morgan fingerprint density at radius 1 is 1.33 bits per heavy atom. The minimum Gasteiger partial charge on any atom is -0.481 e. The van der Waals surface area contributed by atoms with E-state index >= 15 is 0 Å². The maximum Gasteiger partial charge on any atom is 0.307 e. The summed E-state index contributed by atoms with van der Waals surface area (Å²) in [7, 11) is 0. The summed E-state index contributed by atoms with van der Waals surface area (Å²) in [4.78, 5) is 25.5. The molecular formula is C16H20F2N2O3S. The van der Waals surface area contributed by atoms with Gasteiger partial charge in [0.1, 0.15) is 0 Å². The summed E-state index contributed by atoms with van der Waals surface area (Å²) < 4.78 is 24.5. The highest BCUT2D eigenvalue weighted by Gasteiger charge is 2.30. The molecule has 0 bridgehead atoms. The molecule has 0 saturated carbocycles. The predicted octanol–water partition coefficient (Wildman–Crippen LogP) is 2.98. The van der Waals surface area contributed by atoms with Crippen molar-refractivity contribution in [3.8, 4) is 0 Å². The molecule has 1 aliphatic heterocycles. The van der Waals surface area contributed by atoms with Crippen LogP contribution in [0.3, 0.4) is 0 Å². The van der Waals surface area contributed by atoms with Gasteiger partial charge in [-0.1, -0.05) is 18.7 Å². The van der Waals surface area contributed by atoms with E-state index in [1.807, 2.05) is 11.8 Å². The van der Waals surface area contributed by atoms with Gasteiger partial charge in [-0.25, -0.2) is 0 Å². The molecule has 24 heavy (non-hydrogen) atoms. The number of carbonyl (C=O) groups is 2. The molecule has 1 aromatic carbocycles. The average Bonchev–Trinajstić information content (AvgIpc) is 2.48. The van der Waals surface area contributed by atoms with Crippen LogP contribution < -0.4 is 5.32 Å². The minimum atomic E-state index is -2.48. The smallest absolute Gasteiger partial charge is 0.307 e. The SMILES string of the molecule is CC1CC(C(=O)O)CN(CC(=O)Nc2ccc(SC(F)F)cc2)C1. The molecule has 1 aromatic rings. The molecule has 0 radical (unpaired) electrons. The van der Waals surface area contributed by atoms with E-state index in [0.29, 0.717) is 41.9 Å². The number of anilines is 1. The number of carbonyl (C=O) groups excluding carboxylic acids is 1. The van der Waals surface area contributed by atoms with E-state index in [4.69, 9.17) is 5.11 Å². The molecule has 1 saturated heterocycles. The molecule has 1 aliphatic rings. The number of thioether (sulfide) groups is 1. The number of carboxylic acid groups (broad SMARTS) is 1. The van der Waals surface area contributed by atoms with E-state index in [1.165, 1.54) is 12.1 Å². The summed E-state index contributed by atoms with van der Waals surface area (Å²) in [5.41, 5.74) is 0.526. The molecule has 1 fully saturated rings. The largest absolute Gasteiger partial charge is 0.481 e. The van der Waals surface area contributed by atoms with Crippen molar-refractivity contribution in [2.45, 2.75) is 24.0 Å². The highest BCUT2D eigenvalue weighted by molar-refractivity contribution is 7.99. The Balaban J connectivity index is 1.87. The third kappa shape index (κ3) is 5.76. The van der Waals surface area contributed by atoms with Gasteiger partial charge in [0.15, 0.2) is 0 Å². The molecule has 8 heteroatoms. The molecule has 5 nitrogen and oxygen atoms in total. The van der Waals surface area contributed by atoms with Crippen LogP contribution in [0.1, 0.15) is 13.3 Å². The number of piperidine rings is 1. The Kier molecular flexibility index (Phi) is 6.56. The third-order valence-corrected chi connectivity index (χ3v) is 4.54. The van der Waals surface area contributed by atoms with Crippen LogP contribution in [0.4, 0.5) is 14.5 Å². The van der Waals surface area contributed by atoms with Crippen molar-refractivity contribution in [2.75, 3.05) is 25.0 Å². The zero-order chi connectivity index (χ0) is 17.7. The molecule has 2 rings (SSSR count). The maximum absolute atomic E-state index is 12.3. The highest BCUT2D eigenvalue weighted by Crippen LogP contribution is 2.26. The van der Waals surface area contributed by atoms with Crippen molar-refractivity contribution >= 4 is 29.3 Å². The van der Waals surface area contributed by atoms with Crippen LogP contribution in [0.25, 0.3) is 0 Å². The fraction of sp³-hybridized carbons (Fsp3) is 0.500. The van der Waals surface area contributed by atoms with Gasteiger partial charge in [0.05, 0.1) is 12.5 Å². The van der Waals surface area contributed by atoms with E-state index in [2.05, 4.69) is 5.32 Å². The van der Waals surface area contributed by atoms with Gasteiger partial charge in [-0.3, -0.25) is 14.5 Å². The van der Waals surface area contributed by atoms with Crippen molar-refractivity contribution in [2.24, 2.45) is 11.8 Å². The Labute approximate surface area is 143 Å². The molecule has 2 unspecified atom stereocenters. The fourth-order valence-electron chi connectivity index (χ4n) is 2.89. The first-order valence-electron chi connectivity index (χ1n) is 7.63. The average molecular weight is 358 g/mol. The summed E-state index contributed by atoms with van der Waals surface area (Å²) in [6, 6.07) is 6.19. The molecule has 0 aliphatic carbocycles. The lowest BCUT2D eigenvalue weighted by Crippen LogP contribution is -2.45. The standard InChI is InChI=1S/C16H20F2N2O3S/c1-10-6-11(15(22)23)8-20(7-10)9-14(21)19-12-2-4-13(5-3-12)24-16(17)18/h2-5,10-11,16H,6-9H2,1H3,(H,19,21)(H,22,23). The molecule has 0 aromatic heterocycles. The first-order chi connectivity index (χ1) is 11.3. The number of halogens is 2. The van der Waals surface area contributed by atoms with Gasteiger partial charge in [0, 0.05) is 23.7 Å². The van der Waals surface area contributed by atoms with Crippen LogP contribution in [-0.4, -0.2) is 47.3 Å². The number of hydrogen-bond donors (Lipinski definition) is 2. The summed E-state index contributed by atoms with van der Waals surface area (Å²) in [5.74, 6) is -3.79. The number of nitrogens with zero attached hydrogens (tertiary/aromatic N) is 1. The van der Waals surface area contributed by atoms with Gasteiger partial charge in [-0.15, -0.1) is 0 Å². The lowest BCUT2D eigenvalue weighted by molar-refractivity contribution is -0.144. The van der Waals surface area contributed by atoms with Gasteiger partial charge in [-0.05, 0) is 36.6 Å². The molecule has 0 spiro atoms. The van der Waals surface area contributed by atoms with Crippen molar-refractivity contribution in [1.82, 2.24) is 4.90 Å². The van der Waals surface area contributed by atoms with Crippen LogP contribution in [-0.2, 0) is 9.59 Å². The minimum absolute atomic E-state index is 0.113. The predicted molar refractivity (Wildman–Crippen MR) is 88.3 cm³/mol. The van der Waals surface area contributed by atoms with E-state index in [0.717, 1.165) is 0 Å². The normalized spacial score (nSPS) is 21.7. The fourth-order valence-corrected chi connectivity index (χ4v) is 3.39. The Hall–Kier alpha value is -1.67. The van der Waals surface area contributed by atoms with Crippen LogP contribution >= 0.6 is 11.8 Å². The molecule has 1 amide bonds. The van der Waals surface area contributed by atoms with Gasteiger partial charge in [0.2, 0.25) is 5.91 Å². The first-order valence-corrected chi connectivity index (χ1v) is 8.51. The van der Waals surface area contributed by atoms with Gasteiger partial charge in [-0.2, -0.15) is 8.78 Å². The number of likely N-dealkylation sites (tertiary alicyclic amines) is 1. The Bertz CT molecular complexity index is 583. The molecule has 1 heterocycles. The van der Waals surface area contributed by atoms with E-state index in [1.54, 1.807) is 12.1 Å². The maximum atomic E-state index is 12.3. The van der Waals surface area contributed by atoms with E-state index in [9.17, 15) is 18.4 Å². The third-order valence-electron chi connectivity index (χ3n) is 3.82. The van der Waals surface area contributed by atoms with Crippen molar-refractivity contribution in [1.29, 1.82) is 0 Å². The Morgan fingerprint density at radius 2 is 2.00 bits per heavy atom. The van der Waals surface area contributed by atoms with Crippen LogP contribution in [0.5, 0.6) is 0 Å². The molecule has 2 N–H and O–H groups in total. The lowest BCUT2D eigenvalue weighted by atomic mass is 9.90. The molecule has 132 valence electrons. The quantitative estimate of drug-likeness (QED) is 0.765. The lowest BCUT2D eigenvalue weighted by Gasteiger charge is -2.34. The van der Waals surface area contributed by atoms with Gasteiger partial charge >= 0.3 is 5.97 Å². The zero-order valence-corrected chi connectivity index (χ0v) is 14.1. The second-order valence-electron chi connectivity index (χ2n) is 6.02. The number of hydrogen-bond acceptors (Lipinski definition) is 4. The summed E-state index contributed by atoms with van der Waals surface area (Å²) >= 11 is 0.448. The molecular weight excluding hydrogens is 338 g/mol. The van der Waals surface area contributed by atoms with Crippen LogP contribution in [0.15, 0.2) is 29.2 Å². The summed E-state index contributed by atoms with van der Waals surface area (Å²) in [6.07, 6.45) is 0.622. The Morgan fingerprint density at radius 3 is 2.58 bits per heavy atom. The first kappa shape index (κ1) is 18.7. The monoisotopic (exact) mass is 358 g/mol. The summed E-state index contributed by atoms with van der Waals surface area (Å²) in [6.45, 7) is 3.12. The highest BCUT2D eigenvalue weighted by atomic mass is 32.2. The van der Waals surface area contributed by atoms with Gasteiger partial charge < -0.3 is 10.4 Å². The van der Waals surface area contributed by atoms with Crippen molar-refractivity contribution in [3.63, 3.8) is 0 Å². The number of alkyl halides is 2. The topological polar surface area (TPSA) is 69.6 Å². The summed E-state index contributed by atoms with van der Waals surface area (Å²) in [5, 5.41) is 11.9. The van der Waals surface area contributed by atoms with Crippen molar-refractivity contribution in [3.05, 3.63) is 24.3 Å². The number of benzene rings is 1. The number of amides is 1. The van der Waals surface area contributed by atoms with E-state index in [-0.39, 0.29) is 18.4 Å². The second-order valence-corrected chi connectivity index (χ2v) is 7.08. The number of rotatable bonds is 6. The second kappa shape index (κ2) is 8.43. The molecule has 2 atom stereocenters. The number of nitrogens with one attached hydrogen (secondary N) is 1. The number of carboxylic acids is 1. The van der Waals surface area contributed by atoms with Gasteiger partial charge in [0.25, 0.3) is 5.76 Å².